The SMILES string of the molecule is CC(C)N(C)CC(C)(N)CO. The Hall–Kier alpha value is -0.120. The van der Waals surface area contributed by atoms with Crippen LogP contribution in [0.2, 0.25) is 0 Å². The fourth-order valence-electron chi connectivity index (χ4n) is 0.802. The van der Waals surface area contributed by atoms with Gasteiger partial charge in [0.05, 0.1) is 6.61 Å². The number of rotatable bonds is 4. The smallest absolute Gasteiger partial charge is 0.0621 e. The van der Waals surface area contributed by atoms with E-state index in [1.54, 1.807) is 0 Å². The second-order valence-corrected chi connectivity index (χ2v) is 3.82. The Morgan fingerprint density at radius 3 is 2.27 bits per heavy atom. The molecule has 0 saturated heterocycles. The van der Waals surface area contributed by atoms with Gasteiger partial charge in [-0.05, 0) is 27.8 Å². The molecule has 3 nitrogen and oxygen atoms in total. The Bertz CT molecular complexity index is 113. The Balaban J connectivity index is 3.83. The number of nitrogens with two attached hydrogens (primary N) is 1. The van der Waals surface area contributed by atoms with Crippen molar-refractivity contribution in [3.63, 3.8) is 0 Å². The third kappa shape index (κ3) is 4.35. The Morgan fingerprint density at radius 2 is 2.00 bits per heavy atom. The summed E-state index contributed by atoms with van der Waals surface area (Å²) in [5.41, 5.74) is 5.29. The molecule has 0 amide bonds. The average Bonchev–Trinajstić information content (AvgIpc) is 1.87. The molecule has 0 fully saturated rings. The lowest BCUT2D eigenvalue weighted by Gasteiger charge is -2.30. The van der Waals surface area contributed by atoms with E-state index in [2.05, 4.69) is 18.7 Å². The van der Waals surface area contributed by atoms with Crippen LogP contribution >= 0.6 is 0 Å². The summed E-state index contributed by atoms with van der Waals surface area (Å²) in [7, 11) is 2.01. The Kier molecular flexibility index (Phi) is 4.00. The van der Waals surface area contributed by atoms with E-state index in [0.717, 1.165) is 6.54 Å². The van der Waals surface area contributed by atoms with Gasteiger partial charge in [0.25, 0.3) is 0 Å². The molecule has 0 spiro atoms. The van der Waals surface area contributed by atoms with Crippen molar-refractivity contribution in [2.75, 3.05) is 20.2 Å². The van der Waals surface area contributed by atoms with E-state index in [1.807, 2.05) is 14.0 Å². The minimum absolute atomic E-state index is 0.0318. The second-order valence-electron chi connectivity index (χ2n) is 3.82. The van der Waals surface area contributed by atoms with Crippen LogP contribution in [0.15, 0.2) is 0 Å². The molecule has 0 aromatic carbocycles. The summed E-state index contributed by atoms with van der Waals surface area (Å²) in [5, 5.41) is 8.87. The van der Waals surface area contributed by atoms with Gasteiger partial charge < -0.3 is 15.7 Å². The van der Waals surface area contributed by atoms with Crippen LogP contribution in [0, 0.1) is 0 Å². The largest absolute Gasteiger partial charge is 0.394 e. The van der Waals surface area contributed by atoms with Crippen LogP contribution in [0.25, 0.3) is 0 Å². The number of aliphatic hydroxyl groups excluding tert-OH is 1. The molecule has 0 heterocycles. The van der Waals surface area contributed by atoms with Crippen LogP contribution < -0.4 is 5.73 Å². The van der Waals surface area contributed by atoms with Crippen molar-refractivity contribution in [2.45, 2.75) is 32.4 Å². The van der Waals surface area contributed by atoms with Crippen LogP contribution in [0.3, 0.4) is 0 Å². The molecular formula is C8H20N2O. The number of likely N-dealkylation sites (N-methyl/N-ethyl adjacent to an activating group) is 1. The van der Waals surface area contributed by atoms with Gasteiger partial charge in [0.15, 0.2) is 0 Å². The van der Waals surface area contributed by atoms with E-state index in [-0.39, 0.29) is 6.61 Å². The second kappa shape index (κ2) is 4.04. The van der Waals surface area contributed by atoms with Crippen molar-refractivity contribution in [1.82, 2.24) is 4.90 Å². The molecule has 0 aliphatic heterocycles. The fraction of sp³-hybridized carbons (Fsp3) is 1.00. The van der Waals surface area contributed by atoms with E-state index in [4.69, 9.17) is 10.8 Å². The van der Waals surface area contributed by atoms with Gasteiger partial charge in [-0.25, -0.2) is 0 Å². The molecule has 0 bridgehead atoms. The predicted octanol–water partition coefficient (Wildman–Crippen LogP) is 0.0363. The average molecular weight is 160 g/mol. The summed E-state index contributed by atoms with van der Waals surface area (Å²) in [5.74, 6) is 0. The maximum atomic E-state index is 8.87. The van der Waals surface area contributed by atoms with Crippen LogP contribution in [0.5, 0.6) is 0 Å². The maximum absolute atomic E-state index is 8.87. The number of hydrogen-bond acceptors (Lipinski definition) is 3. The molecule has 0 aliphatic carbocycles. The first kappa shape index (κ1) is 10.9. The first-order chi connectivity index (χ1) is 4.89. The maximum Gasteiger partial charge on any atom is 0.0621 e. The molecule has 1 atom stereocenters. The minimum atomic E-state index is -0.473. The Morgan fingerprint density at radius 1 is 1.55 bits per heavy atom. The molecule has 11 heavy (non-hydrogen) atoms. The monoisotopic (exact) mass is 160 g/mol. The van der Waals surface area contributed by atoms with E-state index in [0.29, 0.717) is 6.04 Å². The molecular weight excluding hydrogens is 140 g/mol. The Labute approximate surface area is 69.2 Å². The number of hydrogen-bond donors (Lipinski definition) is 2. The normalized spacial score (nSPS) is 17.5. The molecule has 3 N–H and O–H groups in total. The molecule has 0 aliphatic rings. The zero-order chi connectivity index (χ0) is 9.07. The van der Waals surface area contributed by atoms with Crippen molar-refractivity contribution < 1.29 is 5.11 Å². The van der Waals surface area contributed by atoms with Gasteiger partial charge in [-0.1, -0.05) is 0 Å². The summed E-state index contributed by atoms with van der Waals surface area (Å²) in [4.78, 5) is 2.12. The molecule has 0 radical (unpaired) electrons. The van der Waals surface area contributed by atoms with Crippen molar-refractivity contribution in [3.05, 3.63) is 0 Å². The summed E-state index contributed by atoms with van der Waals surface area (Å²) in [6.45, 7) is 6.82. The minimum Gasteiger partial charge on any atom is -0.394 e. The first-order valence-corrected chi connectivity index (χ1v) is 3.99. The summed E-state index contributed by atoms with van der Waals surface area (Å²) in [6, 6.07) is 0.476. The first-order valence-electron chi connectivity index (χ1n) is 3.99. The zero-order valence-corrected chi connectivity index (χ0v) is 7.96. The zero-order valence-electron chi connectivity index (χ0n) is 7.96. The van der Waals surface area contributed by atoms with Crippen molar-refractivity contribution in [3.8, 4) is 0 Å². The highest BCUT2D eigenvalue weighted by atomic mass is 16.3. The van der Waals surface area contributed by atoms with Crippen LogP contribution in [0.1, 0.15) is 20.8 Å². The van der Waals surface area contributed by atoms with Crippen LogP contribution in [-0.4, -0.2) is 41.8 Å². The van der Waals surface area contributed by atoms with E-state index >= 15 is 0 Å². The summed E-state index contributed by atoms with van der Waals surface area (Å²) >= 11 is 0. The van der Waals surface area contributed by atoms with Gasteiger partial charge >= 0.3 is 0 Å². The molecule has 0 rings (SSSR count). The van der Waals surface area contributed by atoms with Gasteiger partial charge in [-0.3, -0.25) is 0 Å². The number of aliphatic hydroxyl groups is 1. The standard InChI is InChI=1S/C8H20N2O/c1-7(2)10(4)5-8(3,9)6-11/h7,11H,5-6,9H2,1-4H3. The van der Waals surface area contributed by atoms with E-state index in [9.17, 15) is 0 Å². The van der Waals surface area contributed by atoms with Crippen molar-refractivity contribution in [1.29, 1.82) is 0 Å². The van der Waals surface area contributed by atoms with Gasteiger partial charge in [0, 0.05) is 18.1 Å². The highest BCUT2D eigenvalue weighted by molar-refractivity contribution is 4.81. The molecule has 0 saturated carbocycles. The van der Waals surface area contributed by atoms with Gasteiger partial charge in [-0.2, -0.15) is 0 Å². The molecule has 68 valence electrons. The predicted molar refractivity (Wildman–Crippen MR) is 47.4 cm³/mol. The fourth-order valence-corrected chi connectivity index (χ4v) is 0.802. The van der Waals surface area contributed by atoms with Crippen molar-refractivity contribution in [2.24, 2.45) is 5.73 Å². The molecule has 0 aromatic rings. The van der Waals surface area contributed by atoms with E-state index in [1.165, 1.54) is 0 Å². The quantitative estimate of drug-likeness (QED) is 0.610. The van der Waals surface area contributed by atoms with Gasteiger partial charge in [0.2, 0.25) is 0 Å². The lowest BCUT2D eigenvalue weighted by molar-refractivity contribution is 0.147. The molecule has 0 aromatic heterocycles. The van der Waals surface area contributed by atoms with Gasteiger partial charge in [0.1, 0.15) is 0 Å². The summed E-state index contributed by atoms with van der Waals surface area (Å²) < 4.78 is 0. The molecule has 3 heteroatoms. The third-order valence-corrected chi connectivity index (χ3v) is 1.85. The summed E-state index contributed by atoms with van der Waals surface area (Å²) in [6.07, 6.45) is 0. The van der Waals surface area contributed by atoms with Crippen LogP contribution in [0.4, 0.5) is 0 Å². The van der Waals surface area contributed by atoms with E-state index < -0.39 is 5.54 Å². The van der Waals surface area contributed by atoms with Crippen LogP contribution in [-0.2, 0) is 0 Å². The lowest BCUT2D eigenvalue weighted by Crippen LogP contribution is -2.51. The molecule has 1 unspecified atom stereocenters. The lowest BCUT2D eigenvalue weighted by atomic mass is 10.0. The highest BCUT2D eigenvalue weighted by Gasteiger charge is 2.20. The topological polar surface area (TPSA) is 49.5 Å². The third-order valence-electron chi connectivity index (χ3n) is 1.85. The van der Waals surface area contributed by atoms with Gasteiger partial charge in [-0.15, -0.1) is 0 Å². The number of nitrogens with zero attached hydrogens (tertiary/aromatic N) is 1. The highest BCUT2D eigenvalue weighted by Crippen LogP contribution is 2.03. The van der Waals surface area contributed by atoms with Crippen molar-refractivity contribution >= 4 is 0 Å².